The summed E-state index contributed by atoms with van der Waals surface area (Å²) in [6.07, 6.45) is 0. The monoisotopic (exact) mass is 797 g/mol. The van der Waals surface area contributed by atoms with E-state index in [0.29, 0.717) is 27.5 Å². The second kappa shape index (κ2) is 14.8. The quantitative estimate of drug-likeness (QED) is 0.0948. The van der Waals surface area contributed by atoms with Crippen LogP contribution in [0.4, 0.5) is 11.4 Å². The summed E-state index contributed by atoms with van der Waals surface area (Å²) in [5.41, 5.74) is 19.9. The molecule has 10 heteroatoms. The van der Waals surface area contributed by atoms with Gasteiger partial charge in [0.2, 0.25) is 0 Å². The third-order valence-electron chi connectivity index (χ3n) is 9.68. The molecule has 1 amide bonds. The Morgan fingerprint density at radius 2 is 1.10 bits per heavy atom. The van der Waals surface area contributed by atoms with Gasteiger partial charge in [-0.25, -0.2) is 0 Å². The number of nitrogens with one attached hydrogen (secondary N) is 2. The van der Waals surface area contributed by atoms with Gasteiger partial charge in [-0.1, -0.05) is 0 Å². The summed E-state index contributed by atoms with van der Waals surface area (Å²) >= 11 is -7.00. The van der Waals surface area contributed by atoms with Gasteiger partial charge in [0.1, 0.15) is 0 Å². The summed E-state index contributed by atoms with van der Waals surface area (Å²) in [6.45, 7) is 16.5. The van der Waals surface area contributed by atoms with Gasteiger partial charge < -0.3 is 4.90 Å². The summed E-state index contributed by atoms with van der Waals surface area (Å²) < 4.78 is 23.1. The molecule has 6 rings (SSSR count). The van der Waals surface area contributed by atoms with E-state index in [1.165, 1.54) is 19.6 Å². The Bertz CT molecular complexity index is 1910. The number of nitrogens with zero attached hydrogens (tertiary/aromatic N) is 1. The maximum atomic E-state index is 13.9. The first-order valence-corrected chi connectivity index (χ1v) is 24.3. The molecule has 0 atom stereocenters. The minimum absolute atomic E-state index is 0.132. The van der Waals surface area contributed by atoms with Crippen LogP contribution < -0.4 is 32.4 Å². The van der Waals surface area contributed by atoms with Crippen LogP contribution in [-0.2, 0) is 9.25 Å². The van der Waals surface area contributed by atoms with Gasteiger partial charge >= 0.3 is 257 Å². The number of benzene rings is 5. The van der Waals surface area contributed by atoms with E-state index in [9.17, 15) is 4.79 Å². The van der Waals surface area contributed by atoms with Crippen LogP contribution in [0, 0.1) is 20.8 Å². The number of aryl methyl sites for hydroxylation is 3. The molecule has 0 spiro atoms. The number of anilines is 2. The van der Waals surface area contributed by atoms with Crippen LogP contribution in [0.25, 0.3) is 0 Å². The first kappa shape index (κ1) is 37.4. The summed E-state index contributed by atoms with van der Waals surface area (Å²) in [7, 11) is 0. The predicted molar refractivity (Wildman–Crippen MR) is 210 cm³/mol. The van der Waals surface area contributed by atoms with Gasteiger partial charge in [-0.3, -0.25) is 0 Å². The second-order valence-electron chi connectivity index (χ2n) is 13.0. The van der Waals surface area contributed by atoms with Crippen LogP contribution in [0.2, 0.25) is 0 Å². The first-order valence-electron chi connectivity index (χ1n) is 17.4. The zero-order valence-corrected chi connectivity index (χ0v) is 32.9. The molecule has 268 valence electrons. The van der Waals surface area contributed by atoms with Gasteiger partial charge in [-0.05, 0) is 20.8 Å². The molecular weight excluding hydrogens is 748 g/mol. The molecule has 0 unspecified atom stereocenters. The van der Waals surface area contributed by atoms with Crippen molar-refractivity contribution in [3.8, 4) is 0 Å². The van der Waals surface area contributed by atoms with Crippen molar-refractivity contribution in [2.75, 3.05) is 31.1 Å². The zero-order chi connectivity index (χ0) is 36.7. The number of amides is 1. The van der Waals surface area contributed by atoms with Crippen LogP contribution >= 0.6 is 0 Å². The predicted octanol–water partition coefficient (Wildman–Crippen LogP) is 4.35. The first-order chi connectivity index (χ1) is 24.5. The molecule has 0 fully saturated rings. The number of nitrogens with two attached hydrogens (primary N) is 2. The third-order valence-corrected chi connectivity index (χ3v) is 26.6. The number of hydroxylamine groups is 1. The van der Waals surface area contributed by atoms with E-state index < -0.39 is 23.2 Å². The molecule has 0 aliphatic carbocycles. The number of rotatable bonds is 10. The summed E-state index contributed by atoms with van der Waals surface area (Å²) in [6, 6.07) is 37.2. The number of para-hydroxylation sites is 2. The average Bonchev–Trinajstić information content (AvgIpc) is 3.52. The molecular formula is C41H50N5O4Sb. The number of carbonyl (C=O) groups excluding carboxylic acids is 1. The summed E-state index contributed by atoms with van der Waals surface area (Å²) in [5, 5.41) is 4.63. The van der Waals surface area contributed by atoms with Crippen molar-refractivity contribution >= 4 is 51.0 Å². The summed E-state index contributed by atoms with van der Waals surface area (Å²) in [5.74, 6) is -0.437. The van der Waals surface area contributed by atoms with Gasteiger partial charge in [0.05, 0.1) is 19.6 Å². The number of nitrogen functional groups attached to an aromatic ring is 2. The van der Waals surface area contributed by atoms with E-state index in [2.05, 4.69) is 31.4 Å². The van der Waals surface area contributed by atoms with Crippen molar-refractivity contribution < 1.29 is 18.9 Å². The number of oxime groups is 1. The molecule has 1 aliphatic heterocycles. The van der Waals surface area contributed by atoms with Gasteiger partial charge in [-0.2, -0.15) is 0 Å². The fourth-order valence-corrected chi connectivity index (χ4v) is 21.9. The fourth-order valence-electron chi connectivity index (χ4n) is 6.38. The van der Waals surface area contributed by atoms with Crippen molar-refractivity contribution in [2.24, 2.45) is 5.16 Å². The molecule has 6 N–H and O–H groups in total. The molecule has 0 aromatic heterocycles. The Balaban J connectivity index is 0.000000654. The van der Waals surface area contributed by atoms with Crippen LogP contribution in [0.15, 0.2) is 126 Å². The molecule has 9 nitrogen and oxygen atoms in total. The van der Waals surface area contributed by atoms with E-state index in [-0.39, 0.29) is 11.5 Å². The van der Waals surface area contributed by atoms with Gasteiger partial charge in [0.25, 0.3) is 0 Å². The molecule has 0 saturated carbocycles. The summed E-state index contributed by atoms with van der Waals surface area (Å²) in [4.78, 5) is 15.5. The van der Waals surface area contributed by atoms with Crippen molar-refractivity contribution in [1.82, 2.24) is 5.48 Å². The third kappa shape index (κ3) is 6.46. The Labute approximate surface area is 300 Å². The molecule has 5 aromatic carbocycles. The number of hydrogen-bond acceptors (Lipinski definition) is 7. The van der Waals surface area contributed by atoms with Gasteiger partial charge in [0, 0.05) is 0 Å². The molecule has 0 bridgehead atoms. The zero-order valence-electron chi connectivity index (χ0n) is 30.4. The van der Waals surface area contributed by atoms with Gasteiger partial charge in [-0.15, -0.1) is 0 Å². The van der Waals surface area contributed by atoms with E-state index in [4.69, 9.17) is 20.7 Å². The molecule has 1 heterocycles. The van der Waals surface area contributed by atoms with Crippen LogP contribution in [-0.4, -0.2) is 48.7 Å². The van der Waals surface area contributed by atoms with Crippen LogP contribution in [0.1, 0.15) is 53.4 Å². The topological polar surface area (TPSA) is 126 Å². The van der Waals surface area contributed by atoms with Crippen molar-refractivity contribution in [3.05, 3.63) is 149 Å². The number of quaternary nitrogens is 1. The van der Waals surface area contributed by atoms with Crippen LogP contribution in [0.3, 0.4) is 0 Å². The van der Waals surface area contributed by atoms with Gasteiger partial charge in [0.15, 0.2) is 0 Å². The molecule has 0 saturated heterocycles. The number of carbonyl (C=O) groups is 1. The second-order valence-corrected chi connectivity index (χ2v) is 26.8. The Morgan fingerprint density at radius 3 is 1.51 bits per heavy atom. The number of hydrogen-bond donors (Lipinski definition) is 4. The van der Waals surface area contributed by atoms with Crippen LogP contribution in [0.5, 0.6) is 0 Å². The molecule has 0 radical (unpaired) electrons. The van der Waals surface area contributed by atoms with E-state index >= 15 is 0 Å². The van der Waals surface area contributed by atoms with Crippen molar-refractivity contribution in [3.63, 3.8) is 0 Å². The Hall–Kier alpha value is -4.82. The van der Waals surface area contributed by atoms with E-state index in [0.717, 1.165) is 16.7 Å². The average molecular weight is 799 g/mol. The molecule has 5 aromatic rings. The molecule has 51 heavy (non-hydrogen) atoms. The molecule has 1 aliphatic rings. The Morgan fingerprint density at radius 1 is 0.667 bits per heavy atom. The SMILES string of the molecule is CC[NH+](CC)CC.Cc1cc[c]([Sb-]2([O]NC(=O)c3ccccc3N)([c]3ccc(C)cc3)([c]3ccc(C)cc3)[O]N=C(c3ccccc3N)[O]2)cc1. The Kier molecular flexibility index (Phi) is 10.9. The maximum absolute atomic E-state index is 13.9. The fraction of sp³-hybridized carbons (Fsp3) is 0.220. The van der Waals surface area contributed by atoms with Crippen molar-refractivity contribution in [1.29, 1.82) is 0 Å². The van der Waals surface area contributed by atoms with Crippen molar-refractivity contribution in [2.45, 2.75) is 41.5 Å². The minimum atomic E-state index is -7.00. The van der Waals surface area contributed by atoms with E-state index in [1.807, 2.05) is 106 Å². The standard InChI is InChI=1S/C7H8N2O2.C7H7N2O2.3C7H7.C6H15N.Sb/c2*8-6-4-2-1-3-5(6)7(10)9-11;3*1-7-5-3-2-4-6-7;1-4-7(5-2)6-3;/h1-4,11H,8H2,(H,9,10);1-4H,(H3-,8,9,10,11);3*3-6H,1H3;4-6H2,1-3H3;/q;-1;;;;;+2/p-1. The van der Waals surface area contributed by atoms with E-state index in [1.54, 1.807) is 41.3 Å². The normalized spacial score (nSPS) is 16.4.